The Morgan fingerprint density at radius 3 is 2.30 bits per heavy atom. The van der Waals surface area contributed by atoms with Crippen LogP contribution in [0.3, 0.4) is 0 Å². The van der Waals surface area contributed by atoms with Crippen molar-refractivity contribution in [2.75, 3.05) is 5.73 Å². The third-order valence-electron chi connectivity index (χ3n) is 3.87. The third-order valence-corrected chi connectivity index (χ3v) is 3.87. The van der Waals surface area contributed by atoms with Gasteiger partial charge in [-0.15, -0.1) is 0 Å². The van der Waals surface area contributed by atoms with Crippen LogP contribution in [-0.4, -0.2) is 14.6 Å². The molecule has 2 N–H and O–H groups in total. The molecule has 0 bridgehead atoms. The number of fused-ring (bicyclic) bond motifs is 1. The van der Waals surface area contributed by atoms with E-state index in [1.54, 1.807) is 0 Å². The van der Waals surface area contributed by atoms with E-state index in [9.17, 15) is 0 Å². The predicted octanol–water partition coefficient (Wildman–Crippen LogP) is 3.57. The number of aromatic nitrogens is 3. The van der Waals surface area contributed by atoms with Crippen LogP contribution in [0.25, 0.3) is 16.6 Å². The van der Waals surface area contributed by atoms with E-state index in [4.69, 9.17) is 5.73 Å². The first kappa shape index (κ1) is 13.5. The Labute approximate surface area is 134 Å². The van der Waals surface area contributed by atoms with E-state index in [0.717, 1.165) is 22.5 Å². The van der Waals surface area contributed by atoms with Crippen LogP contribution in [0.2, 0.25) is 0 Å². The van der Waals surface area contributed by atoms with Gasteiger partial charge in [-0.05, 0) is 17.2 Å². The highest BCUT2D eigenvalue weighted by Crippen LogP contribution is 2.28. The smallest absolute Gasteiger partial charge is 0.156 e. The Bertz CT molecular complexity index is 943. The first-order valence-electron chi connectivity index (χ1n) is 7.54. The maximum Gasteiger partial charge on any atom is 0.156 e. The van der Waals surface area contributed by atoms with Crippen LogP contribution in [0.4, 0.5) is 5.82 Å². The molecule has 0 aliphatic heterocycles. The molecule has 0 saturated heterocycles. The number of benzene rings is 2. The zero-order chi connectivity index (χ0) is 15.6. The SMILES string of the molecule is Nc1nc(Cc2ccccc2)nn2ccc(-c3ccccc3)c12. The van der Waals surface area contributed by atoms with Crippen molar-refractivity contribution in [3.05, 3.63) is 84.3 Å². The molecule has 4 heteroatoms. The predicted molar refractivity (Wildman–Crippen MR) is 92.1 cm³/mol. The van der Waals surface area contributed by atoms with E-state index in [-0.39, 0.29) is 0 Å². The summed E-state index contributed by atoms with van der Waals surface area (Å²) < 4.78 is 1.82. The Morgan fingerprint density at radius 2 is 1.57 bits per heavy atom. The Morgan fingerprint density at radius 1 is 0.870 bits per heavy atom. The molecule has 23 heavy (non-hydrogen) atoms. The number of nitrogen functional groups attached to an aromatic ring is 1. The molecule has 4 rings (SSSR count). The second-order valence-corrected chi connectivity index (χ2v) is 5.46. The van der Waals surface area contributed by atoms with Crippen molar-refractivity contribution >= 4 is 11.3 Å². The van der Waals surface area contributed by atoms with Crippen molar-refractivity contribution in [1.82, 2.24) is 14.6 Å². The molecule has 4 aromatic rings. The van der Waals surface area contributed by atoms with Gasteiger partial charge in [0.25, 0.3) is 0 Å². The highest BCUT2D eigenvalue weighted by molar-refractivity contribution is 5.87. The fourth-order valence-corrected chi connectivity index (χ4v) is 2.80. The van der Waals surface area contributed by atoms with Gasteiger partial charge in [0.15, 0.2) is 11.6 Å². The summed E-state index contributed by atoms with van der Waals surface area (Å²) in [5, 5.41) is 4.60. The van der Waals surface area contributed by atoms with Crippen molar-refractivity contribution in [2.24, 2.45) is 0 Å². The fraction of sp³-hybridized carbons (Fsp3) is 0.0526. The van der Waals surface area contributed by atoms with Crippen LogP contribution in [0.15, 0.2) is 72.9 Å². The summed E-state index contributed by atoms with van der Waals surface area (Å²) in [6.45, 7) is 0. The molecule has 0 atom stereocenters. The van der Waals surface area contributed by atoms with Crippen LogP contribution in [-0.2, 0) is 6.42 Å². The van der Waals surface area contributed by atoms with E-state index in [1.807, 2.05) is 53.2 Å². The van der Waals surface area contributed by atoms with Crippen molar-refractivity contribution in [2.45, 2.75) is 6.42 Å². The van der Waals surface area contributed by atoms with Crippen molar-refractivity contribution in [3.63, 3.8) is 0 Å². The molecule has 112 valence electrons. The number of rotatable bonds is 3. The average Bonchev–Trinajstić information content (AvgIpc) is 3.01. The Kier molecular flexibility index (Phi) is 3.27. The van der Waals surface area contributed by atoms with Crippen LogP contribution < -0.4 is 5.73 Å². The average molecular weight is 300 g/mol. The maximum absolute atomic E-state index is 6.22. The fourth-order valence-electron chi connectivity index (χ4n) is 2.80. The van der Waals surface area contributed by atoms with Gasteiger partial charge in [-0.3, -0.25) is 0 Å². The van der Waals surface area contributed by atoms with E-state index in [1.165, 1.54) is 5.56 Å². The monoisotopic (exact) mass is 300 g/mol. The summed E-state index contributed by atoms with van der Waals surface area (Å²) in [5.41, 5.74) is 10.4. The molecular formula is C19H16N4. The quantitative estimate of drug-likeness (QED) is 0.629. The van der Waals surface area contributed by atoms with Gasteiger partial charge in [0, 0.05) is 18.2 Å². The molecule has 0 fully saturated rings. The first-order valence-corrected chi connectivity index (χ1v) is 7.54. The van der Waals surface area contributed by atoms with Crippen molar-refractivity contribution in [3.8, 4) is 11.1 Å². The summed E-state index contributed by atoms with van der Waals surface area (Å²) in [5.74, 6) is 1.23. The van der Waals surface area contributed by atoms with Crippen LogP contribution in [0.1, 0.15) is 11.4 Å². The molecule has 2 heterocycles. The molecule has 0 radical (unpaired) electrons. The molecule has 0 aliphatic rings. The summed E-state index contributed by atoms with van der Waals surface area (Å²) in [6.07, 6.45) is 2.60. The first-order chi connectivity index (χ1) is 11.3. The molecule has 2 aromatic carbocycles. The lowest BCUT2D eigenvalue weighted by atomic mass is 10.1. The number of anilines is 1. The second-order valence-electron chi connectivity index (χ2n) is 5.46. The molecule has 0 aliphatic carbocycles. The second kappa shape index (κ2) is 5.57. The lowest BCUT2D eigenvalue weighted by molar-refractivity contribution is 0.830. The highest BCUT2D eigenvalue weighted by Gasteiger charge is 2.12. The van der Waals surface area contributed by atoms with E-state index >= 15 is 0 Å². The van der Waals surface area contributed by atoms with Gasteiger partial charge in [0.05, 0.1) is 0 Å². The minimum Gasteiger partial charge on any atom is -0.382 e. The van der Waals surface area contributed by atoms with E-state index in [0.29, 0.717) is 12.2 Å². The Hall–Kier alpha value is -3.14. The van der Waals surface area contributed by atoms with Crippen LogP contribution >= 0.6 is 0 Å². The van der Waals surface area contributed by atoms with Crippen molar-refractivity contribution < 1.29 is 0 Å². The molecular weight excluding hydrogens is 284 g/mol. The molecule has 0 spiro atoms. The van der Waals surface area contributed by atoms with Gasteiger partial charge in [0.1, 0.15) is 5.52 Å². The molecule has 0 unspecified atom stereocenters. The van der Waals surface area contributed by atoms with E-state index in [2.05, 4.69) is 34.3 Å². The molecule has 0 saturated carbocycles. The topological polar surface area (TPSA) is 56.2 Å². The zero-order valence-electron chi connectivity index (χ0n) is 12.6. The molecule has 2 aromatic heterocycles. The maximum atomic E-state index is 6.22. The standard InChI is InChI=1S/C19H16N4/c20-19-18-16(15-9-5-2-6-10-15)11-12-23(18)22-17(21-19)13-14-7-3-1-4-8-14/h1-12H,13H2,(H2,20,21,22). The summed E-state index contributed by atoms with van der Waals surface area (Å²) in [6, 6.07) is 22.3. The van der Waals surface area contributed by atoms with Gasteiger partial charge in [-0.1, -0.05) is 60.7 Å². The summed E-state index contributed by atoms with van der Waals surface area (Å²) in [7, 11) is 0. The van der Waals surface area contributed by atoms with Gasteiger partial charge in [-0.25, -0.2) is 9.50 Å². The van der Waals surface area contributed by atoms with Gasteiger partial charge in [0.2, 0.25) is 0 Å². The largest absolute Gasteiger partial charge is 0.382 e. The third kappa shape index (κ3) is 2.55. The minimum atomic E-state index is 0.509. The lowest BCUT2D eigenvalue weighted by Crippen LogP contribution is -2.06. The van der Waals surface area contributed by atoms with Crippen molar-refractivity contribution in [1.29, 1.82) is 0 Å². The van der Waals surface area contributed by atoms with Crippen LogP contribution in [0.5, 0.6) is 0 Å². The Balaban J connectivity index is 1.78. The van der Waals surface area contributed by atoms with Gasteiger partial charge < -0.3 is 5.73 Å². The lowest BCUT2D eigenvalue weighted by Gasteiger charge is -2.06. The highest BCUT2D eigenvalue weighted by atomic mass is 15.3. The summed E-state index contributed by atoms with van der Waals surface area (Å²) >= 11 is 0. The van der Waals surface area contributed by atoms with Gasteiger partial charge in [-0.2, -0.15) is 5.10 Å². The number of hydrogen-bond acceptors (Lipinski definition) is 3. The van der Waals surface area contributed by atoms with Gasteiger partial charge >= 0.3 is 0 Å². The summed E-state index contributed by atoms with van der Waals surface area (Å²) in [4.78, 5) is 4.50. The number of nitrogens with two attached hydrogens (primary N) is 1. The zero-order valence-corrected chi connectivity index (χ0v) is 12.6. The number of hydrogen-bond donors (Lipinski definition) is 1. The number of nitrogens with zero attached hydrogens (tertiary/aromatic N) is 3. The normalized spacial score (nSPS) is 11.0. The molecule has 4 nitrogen and oxygen atoms in total. The minimum absolute atomic E-state index is 0.509. The van der Waals surface area contributed by atoms with E-state index < -0.39 is 0 Å². The molecule has 0 amide bonds. The van der Waals surface area contributed by atoms with Crippen LogP contribution in [0, 0.1) is 0 Å².